The van der Waals surface area contributed by atoms with Crippen LogP contribution in [0.4, 0.5) is 0 Å². The van der Waals surface area contributed by atoms with Gasteiger partial charge in [-0.05, 0) is 12.1 Å². The first kappa shape index (κ1) is 29.0. The van der Waals surface area contributed by atoms with Gasteiger partial charge in [0.1, 0.15) is 25.3 Å². The van der Waals surface area contributed by atoms with Crippen LogP contribution in [0.5, 0.6) is 5.75 Å². The molecule has 0 aliphatic heterocycles. The Kier molecular flexibility index (Phi) is 13.8. The van der Waals surface area contributed by atoms with Crippen molar-refractivity contribution in [2.75, 3.05) is 46.8 Å². The number of ether oxygens (including phenoxy) is 4. The van der Waals surface area contributed by atoms with Gasteiger partial charge in [-0.15, -0.1) is 10.1 Å². The van der Waals surface area contributed by atoms with Crippen molar-refractivity contribution in [3.63, 3.8) is 0 Å². The highest BCUT2D eigenvalue weighted by Gasteiger charge is 2.35. The van der Waals surface area contributed by atoms with Crippen molar-refractivity contribution < 1.29 is 42.5 Å². The highest BCUT2D eigenvalue weighted by molar-refractivity contribution is 6.26. The molecule has 0 bridgehead atoms. The summed E-state index contributed by atoms with van der Waals surface area (Å²) in [6.07, 6.45) is -0.348. The van der Waals surface area contributed by atoms with E-state index in [-0.39, 0.29) is 45.9 Å². The van der Waals surface area contributed by atoms with Crippen LogP contribution < -0.4 is 4.74 Å². The zero-order valence-corrected chi connectivity index (χ0v) is 22.8. The quantitative estimate of drug-likeness (QED) is 0.0712. The van der Waals surface area contributed by atoms with E-state index in [4.69, 9.17) is 27.8 Å². The van der Waals surface area contributed by atoms with E-state index in [1.54, 1.807) is 19.2 Å². The molecule has 0 amide bonds. The molecule has 0 N–H and O–H groups in total. The average molecular weight is 506 g/mol. The summed E-state index contributed by atoms with van der Waals surface area (Å²) < 4.78 is 33.1. The largest absolute Gasteiger partial charge is 0.496 e. The first-order valence-corrected chi connectivity index (χ1v) is 14.8. The third kappa shape index (κ3) is 10.2. The monoisotopic (exact) mass is 505 g/mol. The molecule has 1 aromatic carbocycles. The number of esters is 1. The van der Waals surface area contributed by atoms with E-state index < -0.39 is 36.0 Å². The fraction of sp³-hybridized carbons (Fsp3) is 0.650. The number of hydrogen-bond acceptors (Lipinski definition) is 10. The lowest BCUT2D eigenvalue weighted by molar-refractivity contribution is -0.758. The Bertz CT molecular complexity index is 729. The van der Waals surface area contributed by atoms with Crippen molar-refractivity contribution in [2.24, 2.45) is 0 Å². The van der Waals surface area contributed by atoms with Gasteiger partial charge in [0.05, 0.1) is 39.1 Å². The summed E-state index contributed by atoms with van der Waals surface area (Å²) in [5, 5.41) is 9.11. The molecular weight excluding hydrogens is 470 g/mol. The molecule has 0 saturated carbocycles. The van der Waals surface area contributed by atoms with Crippen LogP contribution in [0.1, 0.15) is 29.8 Å². The van der Waals surface area contributed by atoms with Gasteiger partial charge in [0, 0.05) is 11.0 Å². The van der Waals surface area contributed by atoms with Gasteiger partial charge in [-0.3, -0.25) is 0 Å². The standard InChI is InChI=1S/C20H35NO10Si2/c1-20(2,19(30-32-4)31-33-5)16-7-6-15(14-17(16)25-3)18(22)28-12-10-26-8-9-27-11-13-29-21(23)24/h6-7,14,19H,8-13,32-33H2,1-5H3. The molecule has 0 unspecified atom stereocenters. The van der Waals surface area contributed by atoms with Crippen LogP contribution in [0.3, 0.4) is 0 Å². The summed E-state index contributed by atoms with van der Waals surface area (Å²) in [6.45, 7) is 8.94. The van der Waals surface area contributed by atoms with Crippen LogP contribution in [0.25, 0.3) is 0 Å². The van der Waals surface area contributed by atoms with Crippen molar-refractivity contribution in [1.82, 2.24) is 0 Å². The molecule has 33 heavy (non-hydrogen) atoms. The summed E-state index contributed by atoms with van der Waals surface area (Å²) in [5.41, 5.74) is 0.808. The van der Waals surface area contributed by atoms with Gasteiger partial charge in [0.15, 0.2) is 19.5 Å². The summed E-state index contributed by atoms with van der Waals surface area (Å²) >= 11 is 0. The molecular formula is C20H35NO10Si2. The summed E-state index contributed by atoms with van der Waals surface area (Å²) in [5.74, 6) is 0.0806. The van der Waals surface area contributed by atoms with Crippen molar-refractivity contribution in [1.29, 1.82) is 0 Å². The molecule has 1 rings (SSSR count). The van der Waals surface area contributed by atoms with E-state index in [1.807, 2.05) is 19.9 Å². The Balaban J connectivity index is 2.54. The maximum Gasteiger partial charge on any atom is 0.338 e. The van der Waals surface area contributed by atoms with Crippen molar-refractivity contribution >= 4 is 25.5 Å². The van der Waals surface area contributed by atoms with E-state index in [1.165, 1.54) is 0 Å². The highest BCUT2D eigenvalue weighted by atomic mass is 28.2. The molecule has 0 radical (unpaired) electrons. The molecule has 0 saturated heterocycles. The van der Waals surface area contributed by atoms with Crippen molar-refractivity contribution in [3.8, 4) is 5.75 Å². The van der Waals surface area contributed by atoms with E-state index in [0.717, 1.165) is 5.56 Å². The molecule has 0 fully saturated rings. The predicted octanol–water partition coefficient (Wildman–Crippen LogP) is 0.994. The second-order valence-corrected chi connectivity index (χ2v) is 9.12. The number of hydrogen-bond donors (Lipinski definition) is 0. The predicted molar refractivity (Wildman–Crippen MR) is 126 cm³/mol. The van der Waals surface area contributed by atoms with Crippen LogP contribution in [-0.2, 0) is 33.3 Å². The Morgan fingerprint density at radius 1 is 1.03 bits per heavy atom. The molecule has 188 valence electrons. The summed E-state index contributed by atoms with van der Waals surface area (Å²) in [4.78, 5) is 26.5. The minimum atomic E-state index is -0.876. The molecule has 11 nitrogen and oxygen atoms in total. The lowest BCUT2D eigenvalue weighted by Gasteiger charge is -2.35. The van der Waals surface area contributed by atoms with E-state index in [2.05, 4.69) is 17.9 Å². The number of carbonyl (C=O) groups excluding carboxylic acids is 1. The van der Waals surface area contributed by atoms with Gasteiger partial charge in [0.25, 0.3) is 5.09 Å². The van der Waals surface area contributed by atoms with Gasteiger partial charge in [-0.25, -0.2) is 4.79 Å². The second-order valence-electron chi connectivity index (χ2n) is 7.30. The van der Waals surface area contributed by atoms with Gasteiger partial charge < -0.3 is 32.6 Å². The normalized spacial score (nSPS) is 13.0. The first-order chi connectivity index (χ1) is 15.8. The highest BCUT2D eigenvalue weighted by Crippen LogP contribution is 2.36. The Morgan fingerprint density at radius 2 is 1.61 bits per heavy atom. The van der Waals surface area contributed by atoms with Gasteiger partial charge in [0.2, 0.25) is 0 Å². The fourth-order valence-corrected chi connectivity index (χ4v) is 4.84. The molecule has 1 aromatic rings. The molecule has 0 atom stereocenters. The molecule has 0 aliphatic carbocycles. The van der Waals surface area contributed by atoms with Crippen LogP contribution in [-0.4, -0.2) is 83.6 Å². The summed E-state index contributed by atoms with van der Waals surface area (Å²) in [7, 11) is 0.219. The third-order valence-corrected chi connectivity index (χ3v) is 5.89. The van der Waals surface area contributed by atoms with Crippen molar-refractivity contribution in [3.05, 3.63) is 39.4 Å². The number of nitrogens with zero attached hydrogens (tertiary/aromatic N) is 1. The van der Waals surface area contributed by atoms with Crippen LogP contribution in [0.15, 0.2) is 18.2 Å². The number of methoxy groups -OCH3 is 1. The Hall–Kier alpha value is -2.04. The van der Waals surface area contributed by atoms with Crippen LogP contribution in [0.2, 0.25) is 13.1 Å². The first-order valence-electron chi connectivity index (χ1n) is 10.8. The zero-order chi connectivity index (χ0) is 24.7. The molecule has 0 heterocycles. The average Bonchev–Trinajstić information content (AvgIpc) is 2.79. The smallest absolute Gasteiger partial charge is 0.338 e. The van der Waals surface area contributed by atoms with Crippen LogP contribution >= 0.6 is 0 Å². The Morgan fingerprint density at radius 3 is 2.15 bits per heavy atom. The second kappa shape index (κ2) is 15.7. The van der Waals surface area contributed by atoms with Gasteiger partial charge in [-0.2, -0.15) is 0 Å². The lowest BCUT2D eigenvalue weighted by atomic mass is 9.83. The topological polar surface area (TPSA) is 125 Å². The number of carbonyl (C=O) groups is 1. The number of rotatable bonds is 18. The van der Waals surface area contributed by atoms with Gasteiger partial charge in [-0.1, -0.05) is 33.0 Å². The maximum atomic E-state index is 12.4. The molecule has 13 heteroatoms. The molecule has 0 spiro atoms. The van der Waals surface area contributed by atoms with E-state index >= 15 is 0 Å². The van der Waals surface area contributed by atoms with E-state index in [0.29, 0.717) is 11.3 Å². The maximum absolute atomic E-state index is 12.4. The minimum absolute atomic E-state index is 0.0742. The summed E-state index contributed by atoms with van der Waals surface area (Å²) in [6, 6.07) is 5.21. The number of benzene rings is 1. The molecule has 0 aromatic heterocycles. The Labute approximate surface area is 198 Å². The lowest BCUT2D eigenvalue weighted by Crippen LogP contribution is -2.39. The van der Waals surface area contributed by atoms with Crippen molar-refractivity contribution in [2.45, 2.75) is 38.6 Å². The molecule has 0 aliphatic rings. The third-order valence-electron chi connectivity index (χ3n) is 4.61. The SMILES string of the molecule is COc1cc(C(=O)OCCOCCOCCO[N+](=O)[O-])ccc1C(C)(C)C(O[SiH2]C)O[SiH2]C. The minimum Gasteiger partial charge on any atom is -0.496 e. The van der Waals surface area contributed by atoms with Gasteiger partial charge >= 0.3 is 5.97 Å². The van der Waals surface area contributed by atoms with Crippen LogP contribution in [0, 0.1) is 10.1 Å². The zero-order valence-electron chi connectivity index (χ0n) is 20.0. The van der Waals surface area contributed by atoms with E-state index in [9.17, 15) is 14.9 Å². The fourth-order valence-electron chi connectivity index (χ4n) is 3.01.